The number of nitrogens with one attached hydrogen (secondary N) is 1. The molecular formula is C16H17BrClN3. The monoisotopic (exact) mass is 365 g/mol. The first-order valence-corrected chi connectivity index (χ1v) is 8.19. The first-order valence-electron chi connectivity index (χ1n) is 7.02. The van der Waals surface area contributed by atoms with Crippen LogP contribution in [0, 0.1) is 0 Å². The lowest BCUT2D eigenvalue weighted by molar-refractivity contribution is 0.153. The van der Waals surface area contributed by atoms with Gasteiger partial charge in [0.15, 0.2) is 0 Å². The Kier molecular flexibility index (Phi) is 4.91. The van der Waals surface area contributed by atoms with E-state index >= 15 is 0 Å². The summed E-state index contributed by atoms with van der Waals surface area (Å²) < 4.78 is 1.02. The van der Waals surface area contributed by atoms with Crippen LogP contribution in [0.3, 0.4) is 0 Å². The fraction of sp³-hybridized carbons (Fsp3) is 0.312. The highest BCUT2D eigenvalue weighted by Gasteiger charge is 2.24. The zero-order chi connectivity index (χ0) is 14.7. The number of piperazine rings is 1. The second-order valence-electron chi connectivity index (χ2n) is 5.26. The molecule has 0 saturated carbocycles. The van der Waals surface area contributed by atoms with E-state index in [2.05, 4.69) is 49.3 Å². The standard InChI is InChI=1S/C16H17BrClN3/c17-14-6-12(8-20-9-14)11-21-5-4-19-10-16(21)13-2-1-3-15(18)7-13/h1-3,6-9,16,19H,4-5,10-11H2. The Balaban J connectivity index is 1.81. The average Bonchev–Trinajstić information content (AvgIpc) is 2.48. The third-order valence-corrected chi connectivity index (χ3v) is 4.40. The highest BCUT2D eigenvalue weighted by molar-refractivity contribution is 9.10. The van der Waals surface area contributed by atoms with E-state index in [4.69, 9.17) is 11.6 Å². The van der Waals surface area contributed by atoms with Crippen LogP contribution in [0.15, 0.2) is 47.2 Å². The van der Waals surface area contributed by atoms with Gasteiger partial charge in [-0.1, -0.05) is 23.7 Å². The largest absolute Gasteiger partial charge is 0.314 e. The predicted octanol–water partition coefficient (Wildman–Crippen LogP) is 3.64. The molecule has 0 radical (unpaired) electrons. The Morgan fingerprint density at radius 2 is 2.24 bits per heavy atom. The number of rotatable bonds is 3. The van der Waals surface area contributed by atoms with Gasteiger partial charge >= 0.3 is 0 Å². The van der Waals surface area contributed by atoms with E-state index in [9.17, 15) is 0 Å². The third-order valence-electron chi connectivity index (χ3n) is 3.73. The van der Waals surface area contributed by atoms with Crippen LogP contribution in [-0.4, -0.2) is 29.5 Å². The van der Waals surface area contributed by atoms with Crippen LogP contribution in [0.4, 0.5) is 0 Å². The van der Waals surface area contributed by atoms with Gasteiger partial charge in [-0.15, -0.1) is 0 Å². The molecule has 0 spiro atoms. The molecule has 1 aromatic heterocycles. The summed E-state index contributed by atoms with van der Waals surface area (Å²) in [6, 6.07) is 10.6. The summed E-state index contributed by atoms with van der Waals surface area (Å²) in [7, 11) is 0. The van der Waals surface area contributed by atoms with Crippen LogP contribution >= 0.6 is 27.5 Å². The van der Waals surface area contributed by atoms with E-state index in [1.165, 1.54) is 11.1 Å². The summed E-state index contributed by atoms with van der Waals surface area (Å²) in [4.78, 5) is 6.73. The molecule has 1 atom stereocenters. The minimum absolute atomic E-state index is 0.344. The van der Waals surface area contributed by atoms with Crippen molar-refractivity contribution in [2.75, 3.05) is 19.6 Å². The van der Waals surface area contributed by atoms with Crippen molar-refractivity contribution in [3.63, 3.8) is 0 Å². The summed E-state index contributed by atoms with van der Waals surface area (Å²) in [5, 5.41) is 4.26. The SMILES string of the molecule is Clc1cccc(C2CNCCN2Cc2cncc(Br)c2)c1. The molecule has 1 fully saturated rings. The van der Waals surface area contributed by atoms with Crippen molar-refractivity contribution in [2.24, 2.45) is 0 Å². The van der Waals surface area contributed by atoms with Gasteiger partial charge < -0.3 is 5.32 Å². The molecule has 0 bridgehead atoms. The van der Waals surface area contributed by atoms with E-state index in [-0.39, 0.29) is 0 Å². The van der Waals surface area contributed by atoms with Crippen molar-refractivity contribution in [1.82, 2.24) is 15.2 Å². The smallest absolute Gasteiger partial charge is 0.0477 e. The van der Waals surface area contributed by atoms with Crippen molar-refractivity contribution in [3.8, 4) is 0 Å². The van der Waals surface area contributed by atoms with Gasteiger partial charge in [-0.3, -0.25) is 9.88 Å². The molecule has 110 valence electrons. The Bertz CT molecular complexity index is 620. The molecule has 1 aliphatic rings. The van der Waals surface area contributed by atoms with Gasteiger partial charge in [0, 0.05) is 54.1 Å². The molecule has 21 heavy (non-hydrogen) atoms. The van der Waals surface area contributed by atoms with Crippen LogP contribution < -0.4 is 5.32 Å². The van der Waals surface area contributed by atoms with Gasteiger partial charge in [0.2, 0.25) is 0 Å². The molecule has 0 aliphatic carbocycles. The number of benzene rings is 1. The first kappa shape index (κ1) is 15.0. The normalized spacial score (nSPS) is 19.6. The van der Waals surface area contributed by atoms with Crippen LogP contribution in [0.2, 0.25) is 5.02 Å². The van der Waals surface area contributed by atoms with Crippen molar-refractivity contribution < 1.29 is 0 Å². The van der Waals surface area contributed by atoms with Gasteiger partial charge in [0.05, 0.1) is 0 Å². The molecule has 1 N–H and O–H groups in total. The number of hydrogen-bond acceptors (Lipinski definition) is 3. The fourth-order valence-electron chi connectivity index (χ4n) is 2.75. The maximum absolute atomic E-state index is 6.14. The van der Waals surface area contributed by atoms with Crippen molar-refractivity contribution in [3.05, 3.63) is 63.3 Å². The van der Waals surface area contributed by atoms with Gasteiger partial charge in [-0.05, 0) is 45.3 Å². The summed E-state index contributed by atoms with van der Waals surface area (Å²) in [5.41, 5.74) is 2.48. The number of hydrogen-bond donors (Lipinski definition) is 1. The Morgan fingerprint density at radius 3 is 3.05 bits per heavy atom. The molecule has 0 amide bonds. The van der Waals surface area contributed by atoms with Crippen molar-refractivity contribution >= 4 is 27.5 Å². The lowest BCUT2D eigenvalue weighted by atomic mass is 10.0. The summed E-state index contributed by atoms with van der Waals surface area (Å²) in [5.74, 6) is 0. The van der Waals surface area contributed by atoms with E-state index in [0.717, 1.165) is 35.7 Å². The summed E-state index contributed by atoms with van der Waals surface area (Å²) in [6.07, 6.45) is 3.75. The van der Waals surface area contributed by atoms with Crippen molar-refractivity contribution in [1.29, 1.82) is 0 Å². The van der Waals surface area contributed by atoms with Crippen molar-refractivity contribution in [2.45, 2.75) is 12.6 Å². The number of aromatic nitrogens is 1. The highest BCUT2D eigenvalue weighted by Crippen LogP contribution is 2.26. The average molecular weight is 367 g/mol. The number of halogens is 2. The minimum Gasteiger partial charge on any atom is -0.314 e. The maximum Gasteiger partial charge on any atom is 0.0477 e. The minimum atomic E-state index is 0.344. The van der Waals surface area contributed by atoms with Gasteiger partial charge in [-0.2, -0.15) is 0 Å². The van der Waals surface area contributed by atoms with E-state index < -0.39 is 0 Å². The molecule has 1 aromatic carbocycles. The number of pyridine rings is 1. The van der Waals surface area contributed by atoms with Crippen LogP contribution in [0.5, 0.6) is 0 Å². The van der Waals surface area contributed by atoms with E-state index in [0.29, 0.717) is 6.04 Å². The zero-order valence-corrected chi connectivity index (χ0v) is 13.9. The molecule has 2 heterocycles. The second kappa shape index (κ2) is 6.88. The quantitative estimate of drug-likeness (QED) is 0.899. The lowest BCUT2D eigenvalue weighted by Crippen LogP contribution is -2.45. The van der Waals surface area contributed by atoms with Crippen LogP contribution in [-0.2, 0) is 6.54 Å². The van der Waals surface area contributed by atoms with E-state index in [1.54, 1.807) is 0 Å². The maximum atomic E-state index is 6.14. The van der Waals surface area contributed by atoms with Crippen LogP contribution in [0.25, 0.3) is 0 Å². The summed E-state index contributed by atoms with van der Waals surface area (Å²) in [6.45, 7) is 3.87. The second-order valence-corrected chi connectivity index (χ2v) is 6.61. The molecule has 5 heteroatoms. The Labute approximate surface area is 138 Å². The topological polar surface area (TPSA) is 28.2 Å². The molecular weight excluding hydrogens is 350 g/mol. The fourth-order valence-corrected chi connectivity index (χ4v) is 3.37. The van der Waals surface area contributed by atoms with Gasteiger partial charge in [0.25, 0.3) is 0 Å². The van der Waals surface area contributed by atoms with Crippen LogP contribution in [0.1, 0.15) is 17.2 Å². The molecule has 3 nitrogen and oxygen atoms in total. The lowest BCUT2D eigenvalue weighted by Gasteiger charge is -2.36. The van der Waals surface area contributed by atoms with Gasteiger partial charge in [-0.25, -0.2) is 0 Å². The molecule has 1 saturated heterocycles. The highest BCUT2D eigenvalue weighted by atomic mass is 79.9. The number of nitrogens with zero attached hydrogens (tertiary/aromatic N) is 2. The molecule has 1 aliphatic heterocycles. The third kappa shape index (κ3) is 3.83. The van der Waals surface area contributed by atoms with E-state index in [1.807, 2.05) is 24.5 Å². The summed E-state index contributed by atoms with van der Waals surface area (Å²) >= 11 is 9.62. The predicted molar refractivity (Wildman–Crippen MR) is 89.4 cm³/mol. The van der Waals surface area contributed by atoms with Gasteiger partial charge in [0.1, 0.15) is 0 Å². The molecule has 3 rings (SSSR count). The molecule has 1 unspecified atom stereocenters. The molecule has 2 aromatic rings. The Hall–Kier alpha value is -0.940. The first-order chi connectivity index (χ1) is 10.2. The zero-order valence-electron chi connectivity index (χ0n) is 11.6. The Morgan fingerprint density at radius 1 is 1.33 bits per heavy atom.